The van der Waals surface area contributed by atoms with Gasteiger partial charge in [0.1, 0.15) is 5.69 Å². The van der Waals surface area contributed by atoms with Gasteiger partial charge in [0.2, 0.25) is 5.91 Å². The number of H-pyrrole nitrogens is 2. The number of aromatic amines is 2. The van der Waals surface area contributed by atoms with Crippen LogP contribution in [0.25, 0.3) is 0 Å². The second-order valence-electron chi connectivity index (χ2n) is 6.81. The van der Waals surface area contributed by atoms with Gasteiger partial charge in [0.05, 0.1) is 12.6 Å². The molecule has 0 bridgehead atoms. The van der Waals surface area contributed by atoms with Crippen LogP contribution in [0.3, 0.4) is 0 Å². The van der Waals surface area contributed by atoms with E-state index in [4.69, 9.17) is 0 Å². The maximum atomic E-state index is 12.5. The zero-order valence-corrected chi connectivity index (χ0v) is 15.5. The van der Waals surface area contributed by atoms with Gasteiger partial charge in [-0.2, -0.15) is 0 Å². The second kappa shape index (κ2) is 8.59. The van der Waals surface area contributed by atoms with E-state index in [1.807, 2.05) is 0 Å². The van der Waals surface area contributed by atoms with E-state index in [2.05, 4.69) is 25.3 Å². The summed E-state index contributed by atoms with van der Waals surface area (Å²) < 4.78 is 0. The molecule has 3 heterocycles. The molecule has 0 aromatic carbocycles. The van der Waals surface area contributed by atoms with Gasteiger partial charge in [0.15, 0.2) is 0 Å². The smallest absolute Gasteiger partial charge is 0.325 e. The number of carbonyl (C=O) groups is 2. The van der Waals surface area contributed by atoms with Gasteiger partial charge in [-0.15, -0.1) is 0 Å². The highest BCUT2D eigenvalue weighted by Crippen LogP contribution is 2.17. The molecule has 1 saturated heterocycles. The van der Waals surface area contributed by atoms with Gasteiger partial charge in [-0.1, -0.05) is 0 Å². The minimum absolute atomic E-state index is 0.0496. The Kier molecular flexibility index (Phi) is 5.97. The predicted molar refractivity (Wildman–Crippen MR) is 99.8 cm³/mol. The zero-order valence-electron chi connectivity index (χ0n) is 15.5. The number of hydrogen-bond donors (Lipinski definition) is 3. The maximum absolute atomic E-state index is 12.5. The first-order chi connectivity index (χ1) is 13.4. The monoisotopic (exact) mass is 386 g/mol. The summed E-state index contributed by atoms with van der Waals surface area (Å²) in [5.41, 5.74) is -0.150. The van der Waals surface area contributed by atoms with Crippen LogP contribution in [0.1, 0.15) is 34.6 Å². The van der Waals surface area contributed by atoms with E-state index in [0.717, 1.165) is 12.8 Å². The largest absolute Gasteiger partial charge is 0.350 e. The molecule has 3 rings (SSSR count). The van der Waals surface area contributed by atoms with Crippen molar-refractivity contribution in [3.63, 3.8) is 0 Å². The number of hydrogen-bond acceptors (Lipinski definition) is 6. The Morgan fingerprint density at radius 2 is 1.96 bits per heavy atom. The topological polar surface area (TPSA) is 141 Å². The van der Waals surface area contributed by atoms with Crippen LogP contribution in [-0.2, 0) is 11.2 Å². The van der Waals surface area contributed by atoms with Crippen molar-refractivity contribution in [3.05, 3.63) is 56.4 Å². The quantitative estimate of drug-likeness (QED) is 0.625. The van der Waals surface area contributed by atoms with E-state index >= 15 is 0 Å². The summed E-state index contributed by atoms with van der Waals surface area (Å²) in [5.74, 6) is -0.148. The summed E-state index contributed by atoms with van der Waals surface area (Å²) in [7, 11) is 0. The van der Waals surface area contributed by atoms with Gasteiger partial charge in [-0.05, 0) is 25.7 Å². The average molecular weight is 386 g/mol. The van der Waals surface area contributed by atoms with Crippen LogP contribution >= 0.6 is 0 Å². The minimum Gasteiger partial charge on any atom is -0.350 e. The number of aromatic nitrogens is 4. The lowest BCUT2D eigenvalue weighted by molar-refractivity contribution is -0.131. The molecule has 0 atom stereocenters. The first-order valence-electron chi connectivity index (χ1n) is 9.08. The maximum Gasteiger partial charge on any atom is 0.325 e. The molecule has 1 aliphatic rings. The second-order valence-corrected chi connectivity index (χ2v) is 6.81. The number of likely N-dealkylation sites (tertiary alicyclic amines) is 1. The van der Waals surface area contributed by atoms with E-state index in [1.165, 1.54) is 18.6 Å². The van der Waals surface area contributed by atoms with E-state index in [0.29, 0.717) is 25.3 Å². The van der Waals surface area contributed by atoms with Crippen LogP contribution < -0.4 is 16.6 Å². The summed E-state index contributed by atoms with van der Waals surface area (Å²) in [6.45, 7) is 3.23. The number of nitrogens with one attached hydrogen (secondary N) is 3. The van der Waals surface area contributed by atoms with Crippen LogP contribution in [0.15, 0.2) is 28.2 Å². The highest BCUT2D eigenvalue weighted by molar-refractivity contribution is 5.91. The minimum atomic E-state index is -0.581. The van der Waals surface area contributed by atoms with Crippen molar-refractivity contribution < 1.29 is 9.59 Å². The van der Waals surface area contributed by atoms with Crippen LogP contribution in [0.5, 0.6) is 0 Å². The highest BCUT2D eigenvalue weighted by Gasteiger charge is 2.24. The molecule has 0 radical (unpaired) electrons. The Labute approximate surface area is 160 Å². The Hall–Kier alpha value is -3.30. The molecule has 28 heavy (non-hydrogen) atoms. The van der Waals surface area contributed by atoms with Crippen molar-refractivity contribution in [1.82, 2.24) is 30.2 Å². The summed E-state index contributed by atoms with van der Waals surface area (Å²) in [6.07, 6.45) is 5.85. The Morgan fingerprint density at radius 1 is 1.21 bits per heavy atom. The van der Waals surface area contributed by atoms with Crippen LogP contribution in [0.2, 0.25) is 0 Å². The number of amides is 2. The van der Waals surface area contributed by atoms with Crippen LogP contribution in [0.4, 0.5) is 0 Å². The number of nitrogens with zero attached hydrogens (tertiary/aromatic N) is 3. The molecule has 2 aromatic rings. The molecule has 10 heteroatoms. The first-order valence-corrected chi connectivity index (χ1v) is 9.08. The molecule has 0 saturated carbocycles. The van der Waals surface area contributed by atoms with Crippen molar-refractivity contribution >= 4 is 11.8 Å². The van der Waals surface area contributed by atoms with Gasteiger partial charge >= 0.3 is 5.69 Å². The van der Waals surface area contributed by atoms with Crippen molar-refractivity contribution in [2.45, 2.75) is 26.2 Å². The first kappa shape index (κ1) is 19.5. The van der Waals surface area contributed by atoms with Gasteiger partial charge in [0.25, 0.3) is 11.5 Å². The number of carbonyl (C=O) groups excluding carboxylic acids is 2. The normalized spacial score (nSPS) is 14.7. The molecule has 2 aromatic heterocycles. The molecule has 1 fully saturated rings. The number of piperidine rings is 1. The fraction of sp³-hybridized carbons (Fsp3) is 0.444. The SMILES string of the molecule is Cc1[nH]c(=O)[nH]c(=O)c1CC(=O)N1CCC(CNC(=O)c2cnccn2)CC1. The van der Waals surface area contributed by atoms with E-state index in [-0.39, 0.29) is 35.4 Å². The van der Waals surface area contributed by atoms with Gasteiger partial charge in [-0.25, -0.2) is 9.78 Å². The molecule has 10 nitrogen and oxygen atoms in total. The predicted octanol–water partition coefficient (Wildman–Crippen LogP) is -0.627. The molecule has 148 valence electrons. The Bertz CT molecular complexity index is 960. The van der Waals surface area contributed by atoms with E-state index in [9.17, 15) is 19.2 Å². The molecular weight excluding hydrogens is 364 g/mol. The van der Waals surface area contributed by atoms with Gasteiger partial charge in [-0.3, -0.25) is 24.4 Å². The fourth-order valence-electron chi connectivity index (χ4n) is 3.23. The lowest BCUT2D eigenvalue weighted by Gasteiger charge is -2.32. The van der Waals surface area contributed by atoms with E-state index in [1.54, 1.807) is 11.8 Å². The lowest BCUT2D eigenvalue weighted by Crippen LogP contribution is -2.43. The van der Waals surface area contributed by atoms with Crippen molar-refractivity contribution in [1.29, 1.82) is 0 Å². The highest BCUT2D eigenvalue weighted by atomic mass is 16.2. The molecular formula is C18H22N6O4. The van der Waals surface area contributed by atoms with Crippen LogP contribution in [-0.4, -0.2) is 56.3 Å². The van der Waals surface area contributed by atoms with Crippen molar-refractivity contribution in [2.24, 2.45) is 5.92 Å². The van der Waals surface area contributed by atoms with Crippen LogP contribution in [0, 0.1) is 12.8 Å². The third kappa shape index (κ3) is 4.70. The molecule has 2 amide bonds. The molecule has 0 spiro atoms. The summed E-state index contributed by atoms with van der Waals surface area (Å²) >= 11 is 0. The van der Waals surface area contributed by atoms with Crippen molar-refractivity contribution in [3.8, 4) is 0 Å². The van der Waals surface area contributed by atoms with Gasteiger partial charge in [0, 0.05) is 43.3 Å². The van der Waals surface area contributed by atoms with E-state index < -0.39 is 11.2 Å². The molecule has 1 aliphatic heterocycles. The summed E-state index contributed by atoms with van der Waals surface area (Å²) in [5, 5.41) is 2.85. The fourth-order valence-corrected chi connectivity index (χ4v) is 3.23. The standard InChI is InChI=1S/C18H22N6O4/c1-11-13(16(26)23-18(28)22-11)8-15(25)24-6-2-12(3-7-24)9-21-17(27)14-10-19-4-5-20-14/h4-5,10,12H,2-3,6-9H2,1H3,(H,21,27)(H2,22,23,26,28). The molecule has 0 unspecified atom stereocenters. The summed E-state index contributed by atoms with van der Waals surface area (Å²) in [6, 6.07) is 0. The van der Waals surface area contributed by atoms with Gasteiger partial charge < -0.3 is 15.2 Å². The van der Waals surface area contributed by atoms with Crippen molar-refractivity contribution in [2.75, 3.05) is 19.6 Å². The molecule has 3 N–H and O–H groups in total. The Balaban J connectivity index is 1.49. The number of aryl methyl sites for hydroxylation is 1. The third-order valence-electron chi connectivity index (χ3n) is 4.90. The lowest BCUT2D eigenvalue weighted by atomic mass is 9.96. The molecule has 0 aliphatic carbocycles. The Morgan fingerprint density at radius 3 is 2.61 bits per heavy atom. The summed E-state index contributed by atoms with van der Waals surface area (Å²) in [4.78, 5) is 61.9. The third-order valence-corrected chi connectivity index (χ3v) is 4.90. The average Bonchev–Trinajstić information content (AvgIpc) is 2.69. The zero-order chi connectivity index (χ0) is 20.1. The number of rotatable bonds is 5.